The Bertz CT molecular complexity index is 2530. The number of carbonyl (C=O) groups excluding carboxylic acids is 3. The molecule has 318 valence electrons. The highest BCUT2D eigenvalue weighted by molar-refractivity contribution is 6.05. The summed E-state index contributed by atoms with van der Waals surface area (Å²) in [7, 11) is 1.87. The van der Waals surface area contributed by atoms with E-state index < -0.39 is 12.1 Å². The van der Waals surface area contributed by atoms with Crippen LogP contribution < -0.4 is 25.2 Å². The maximum atomic E-state index is 16.1. The molecule has 1 aliphatic carbocycles. The molecule has 4 bridgehead atoms. The molecule has 15 nitrogen and oxygen atoms in total. The zero-order chi connectivity index (χ0) is 41.9. The summed E-state index contributed by atoms with van der Waals surface area (Å²) in [4.78, 5) is 59.1. The van der Waals surface area contributed by atoms with Crippen molar-refractivity contribution in [3.8, 4) is 17.1 Å². The summed E-state index contributed by atoms with van der Waals surface area (Å²) in [6.45, 7) is 9.23. The molecule has 61 heavy (non-hydrogen) atoms. The molecule has 4 aromatic heterocycles. The normalized spacial score (nSPS) is 25.0. The van der Waals surface area contributed by atoms with Crippen molar-refractivity contribution in [1.82, 2.24) is 39.5 Å². The van der Waals surface area contributed by atoms with Crippen LogP contribution in [0.1, 0.15) is 71.8 Å². The van der Waals surface area contributed by atoms with E-state index in [1.54, 1.807) is 29.2 Å². The van der Waals surface area contributed by atoms with E-state index in [2.05, 4.69) is 52.1 Å². The zero-order valence-corrected chi connectivity index (χ0v) is 34.9. The number of hydrogen-bond donors (Lipinski definition) is 2. The summed E-state index contributed by atoms with van der Waals surface area (Å²) in [5, 5.41) is 10.0. The van der Waals surface area contributed by atoms with E-state index in [0.717, 1.165) is 91.2 Å². The molecule has 4 fully saturated rings. The topological polar surface area (TPSA) is 156 Å². The minimum absolute atomic E-state index is 0.166. The van der Waals surface area contributed by atoms with E-state index in [1.165, 1.54) is 0 Å². The van der Waals surface area contributed by atoms with Gasteiger partial charge in [0.05, 0.1) is 65.1 Å². The summed E-state index contributed by atoms with van der Waals surface area (Å²) in [6, 6.07) is 11.7. The van der Waals surface area contributed by atoms with Crippen LogP contribution in [0.4, 0.5) is 21.7 Å². The molecule has 3 amide bonds. The lowest BCUT2D eigenvalue weighted by atomic mass is 9.93. The first-order valence-electron chi connectivity index (χ1n) is 21.7. The molecule has 0 radical (unpaired) electrons. The summed E-state index contributed by atoms with van der Waals surface area (Å²) < 4.78 is 26.4. The number of carbonyl (C=O) groups is 3. The maximum Gasteiger partial charge on any atom is 0.258 e. The molecule has 10 rings (SSSR count). The van der Waals surface area contributed by atoms with Crippen LogP contribution >= 0.6 is 0 Å². The molecule has 2 N–H and O–H groups in total. The van der Waals surface area contributed by atoms with E-state index in [-0.39, 0.29) is 30.3 Å². The number of alkyl halides is 1. The highest BCUT2D eigenvalue weighted by Crippen LogP contribution is 2.38. The van der Waals surface area contributed by atoms with E-state index in [9.17, 15) is 14.4 Å². The number of piperazine rings is 1. The number of halogens is 1. The van der Waals surface area contributed by atoms with Gasteiger partial charge in [0.1, 0.15) is 6.17 Å². The Balaban J connectivity index is 0.833. The highest BCUT2D eigenvalue weighted by Gasteiger charge is 2.37. The number of piperidine rings is 2. The monoisotopic (exact) mass is 829 g/mol. The second kappa shape index (κ2) is 15.9. The molecule has 5 aromatic rings. The minimum Gasteiger partial charge on any atom is -0.477 e. The number of fused-ring (bicyclic) bond motifs is 9. The van der Waals surface area contributed by atoms with Gasteiger partial charge in [0.25, 0.3) is 5.91 Å². The summed E-state index contributed by atoms with van der Waals surface area (Å²) in [5.41, 5.74) is 7.99. The van der Waals surface area contributed by atoms with Crippen molar-refractivity contribution in [3.63, 3.8) is 0 Å². The van der Waals surface area contributed by atoms with E-state index in [4.69, 9.17) is 14.7 Å². The number of imidazole rings is 1. The first-order chi connectivity index (χ1) is 29.5. The second-order valence-corrected chi connectivity index (χ2v) is 17.6. The quantitative estimate of drug-likeness (QED) is 0.231. The van der Waals surface area contributed by atoms with Gasteiger partial charge in [-0.3, -0.25) is 39.9 Å². The zero-order valence-electron chi connectivity index (χ0n) is 34.9. The molecule has 16 heteroatoms. The maximum absolute atomic E-state index is 16.1. The van der Waals surface area contributed by atoms with Gasteiger partial charge >= 0.3 is 0 Å². The fourth-order valence-electron chi connectivity index (χ4n) is 10.3. The van der Waals surface area contributed by atoms with Crippen LogP contribution in [0.25, 0.3) is 22.3 Å². The van der Waals surface area contributed by atoms with Crippen LogP contribution in [0.3, 0.4) is 0 Å². The van der Waals surface area contributed by atoms with Crippen LogP contribution in [-0.2, 0) is 23.2 Å². The lowest BCUT2D eigenvalue weighted by molar-refractivity contribution is -0.134. The number of nitrogens with zero attached hydrogens (tertiary/aromatic N) is 9. The standard InChI is InChI=1S/C45H52FN11O4/c1-26-16-36(32-7-9-41(58)51-43(32)60)47-22-40(26)56-11-10-38(34(46)24-56)55-14-12-54(13-15-55)31-6-8-35-39(20-31)57-23-28-4-5-29(18-28)25-61-44-33(21-48-53(44)3)37-19-30(17-27(2)49-37)42(59)52-45(57)50-35/h6,8,16-17,19-22,28-29,32,34,38H,4-5,7,9-15,18,23-25H2,1-3H3,(H,50,52,59)(H,51,58,60)/t28-,29+,32?,34+,38-/m1/s1. The van der Waals surface area contributed by atoms with Gasteiger partial charge in [0.2, 0.25) is 23.6 Å². The molecule has 3 saturated heterocycles. The van der Waals surface area contributed by atoms with Gasteiger partial charge in [-0.05, 0) is 99.7 Å². The van der Waals surface area contributed by atoms with Gasteiger partial charge in [-0.2, -0.15) is 5.10 Å². The van der Waals surface area contributed by atoms with E-state index in [1.807, 2.05) is 33.0 Å². The number of imide groups is 1. The Hall–Kier alpha value is -5.90. The summed E-state index contributed by atoms with van der Waals surface area (Å²) >= 11 is 0. The van der Waals surface area contributed by atoms with Crippen molar-refractivity contribution in [2.75, 3.05) is 61.0 Å². The lowest BCUT2D eigenvalue weighted by Gasteiger charge is -2.45. The molecule has 5 aliphatic rings. The number of pyridine rings is 2. The number of rotatable bonds is 4. The number of ether oxygens (including phenoxy) is 1. The Morgan fingerprint density at radius 3 is 2.49 bits per heavy atom. The molecule has 5 atom stereocenters. The van der Waals surface area contributed by atoms with Crippen LogP contribution in [0.15, 0.2) is 48.8 Å². The first kappa shape index (κ1) is 39.2. The van der Waals surface area contributed by atoms with Gasteiger partial charge in [-0.25, -0.2) is 14.1 Å². The Kier molecular flexibility index (Phi) is 10.2. The smallest absolute Gasteiger partial charge is 0.258 e. The molecule has 0 spiro atoms. The van der Waals surface area contributed by atoms with Gasteiger partial charge in [-0.1, -0.05) is 0 Å². The largest absolute Gasteiger partial charge is 0.477 e. The van der Waals surface area contributed by atoms with Crippen molar-refractivity contribution in [2.45, 2.75) is 77.0 Å². The summed E-state index contributed by atoms with van der Waals surface area (Å²) in [5.74, 6) is 0.729. The number of nitrogens with one attached hydrogen (secondary N) is 2. The minimum atomic E-state index is -1.02. The number of anilines is 3. The second-order valence-electron chi connectivity index (χ2n) is 17.6. The molecule has 8 heterocycles. The number of aryl methyl sites for hydroxylation is 3. The molecule has 1 saturated carbocycles. The highest BCUT2D eigenvalue weighted by atomic mass is 19.1. The van der Waals surface area contributed by atoms with Gasteiger partial charge < -0.3 is 19.1 Å². The predicted octanol–water partition coefficient (Wildman–Crippen LogP) is 5.16. The molecular formula is C45H52FN11O4. The Morgan fingerprint density at radius 1 is 0.852 bits per heavy atom. The lowest BCUT2D eigenvalue weighted by Crippen LogP contribution is -2.58. The van der Waals surface area contributed by atoms with Crippen molar-refractivity contribution >= 4 is 46.1 Å². The summed E-state index contributed by atoms with van der Waals surface area (Å²) in [6.07, 6.45) is 7.06. The van der Waals surface area contributed by atoms with Crippen LogP contribution in [0, 0.1) is 25.7 Å². The van der Waals surface area contributed by atoms with Crippen molar-refractivity contribution in [2.24, 2.45) is 18.9 Å². The van der Waals surface area contributed by atoms with Gasteiger partial charge in [-0.15, -0.1) is 0 Å². The Morgan fingerprint density at radius 2 is 1.69 bits per heavy atom. The van der Waals surface area contributed by atoms with Crippen LogP contribution in [0.2, 0.25) is 0 Å². The van der Waals surface area contributed by atoms with Crippen molar-refractivity contribution in [3.05, 3.63) is 71.3 Å². The average molecular weight is 830 g/mol. The van der Waals surface area contributed by atoms with Crippen molar-refractivity contribution < 1.29 is 23.5 Å². The number of amides is 3. The molecular weight excluding hydrogens is 778 g/mol. The molecule has 4 aliphatic heterocycles. The third kappa shape index (κ3) is 7.59. The molecule has 1 aromatic carbocycles. The van der Waals surface area contributed by atoms with Crippen LogP contribution in [0.5, 0.6) is 5.88 Å². The molecule has 1 unspecified atom stereocenters. The Labute approximate surface area is 353 Å². The SMILES string of the molecule is Cc1cc2cc(n1)-c1cnn(C)c1OC[C@H]1CC[C@H](C1)Cn1c(nc3ccc(N4CCN([C@@H]5CCN(c6cnc(C7CCC(=O)NC7=O)cc6C)C[C@@H]5F)CC4)cc31)NC2=O. The van der Waals surface area contributed by atoms with Crippen LogP contribution in [-0.4, -0.2) is 110 Å². The predicted molar refractivity (Wildman–Crippen MR) is 229 cm³/mol. The fraction of sp³-hybridized carbons (Fsp3) is 0.489. The van der Waals surface area contributed by atoms with E-state index >= 15 is 4.39 Å². The first-order valence-corrected chi connectivity index (χ1v) is 21.7. The van der Waals surface area contributed by atoms with Crippen molar-refractivity contribution in [1.29, 1.82) is 0 Å². The number of benzene rings is 1. The average Bonchev–Trinajstić information content (AvgIpc) is 3.95. The number of aromatic nitrogens is 6. The van der Waals surface area contributed by atoms with E-state index in [0.29, 0.717) is 73.0 Å². The van der Waals surface area contributed by atoms with Gasteiger partial charge in [0, 0.05) is 75.7 Å². The third-order valence-electron chi connectivity index (χ3n) is 13.6. The van der Waals surface area contributed by atoms with Gasteiger partial charge in [0.15, 0.2) is 0 Å². The third-order valence-corrected chi connectivity index (χ3v) is 13.6. The number of hydrogen-bond acceptors (Lipinski definition) is 11. The fourth-order valence-corrected chi connectivity index (χ4v) is 10.3.